The standard InChI is InChI=1S/C14H13FN2O2/c1-2-5-17-11-6-9(8-16)10(15)7-12(11)19-14(3-4-14)13(17)18/h1,6-7H,3-5,8,16H2. The molecule has 98 valence electrons. The summed E-state index contributed by atoms with van der Waals surface area (Å²) in [6.07, 6.45) is 6.60. The summed E-state index contributed by atoms with van der Waals surface area (Å²) < 4.78 is 19.4. The summed E-state index contributed by atoms with van der Waals surface area (Å²) in [7, 11) is 0. The smallest absolute Gasteiger partial charge is 0.272 e. The second-order valence-electron chi connectivity index (χ2n) is 4.81. The zero-order valence-electron chi connectivity index (χ0n) is 10.3. The Morgan fingerprint density at radius 2 is 2.26 bits per heavy atom. The van der Waals surface area contributed by atoms with Gasteiger partial charge in [-0.1, -0.05) is 5.92 Å². The summed E-state index contributed by atoms with van der Waals surface area (Å²) in [5.41, 5.74) is 5.50. The molecule has 1 amide bonds. The number of nitrogens with two attached hydrogens (primary N) is 1. The van der Waals surface area contributed by atoms with Gasteiger partial charge in [0.15, 0.2) is 5.60 Å². The number of carbonyl (C=O) groups excluding carboxylic acids is 1. The molecule has 0 aromatic heterocycles. The van der Waals surface area contributed by atoms with Gasteiger partial charge in [-0.3, -0.25) is 9.69 Å². The van der Waals surface area contributed by atoms with Crippen molar-refractivity contribution in [1.82, 2.24) is 0 Å². The highest BCUT2D eigenvalue weighted by Gasteiger charge is 2.57. The van der Waals surface area contributed by atoms with Crippen LogP contribution in [0.5, 0.6) is 5.75 Å². The van der Waals surface area contributed by atoms with Crippen LogP contribution >= 0.6 is 0 Å². The Balaban J connectivity index is 2.13. The van der Waals surface area contributed by atoms with Crippen molar-refractivity contribution >= 4 is 11.6 Å². The van der Waals surface area contributed by atoms with Gasteiger partial charge < -0.3 is 10.5 Å². The van der Waals surface area contributed by atoms with Gasteiger partial charge in [0.05, 0.1) is 12.2 Å². The van der Waals surface area contributed by atoms with Gasteiger partial charge in [-0.25, -0.2) is 4.39 Å². The third-order valence-corrected chi connectivity index (χ3v) is 3.53. The Morgan fingerprint density at radius 1 is 1.53 bits per heavy atom. The predicted molar refractivity (Wildman–Crippen MR) is 68.1 cm³/mol. The van der Waals surface area contributed by atoms with E-state index in [1.165, 1.54) is 17.0 Å². The van der Waals surface area contributed by atoms with Gasteiger partial charge in [-0.2, -0.15) is 0 Å². The van der Waals surface area contributed by atoms with Gasteiger partial charge in [-0.05, 0) is 6.07 Å². The fraction of sp³-hybridized carbons (Fsp3) is 0.357. The summed E-state index contributed by atoms with van der Waals surface area (Å²) in [6, 6.07) is 2.82. The van der Waals surface area contributed by atoms with Crippen molar-refractivity contribution in [1.29, 1.82) is 0 Å². The van der Waals surface area contributed by atoms with E-state index in [4.69, 9.17) is 16.9 Å². The first kappa shape index (κ1) is 12.0. The topological polar surface area (TPSA) is 55.6 Å². The number of amides is 1. The normalized spacial score (nSPS) is 18.8. The summed E-state index contributed by atoms with van der Waals surface area (Å²) >= 11 is 0. The van der Waals surface area contributed by atoms with Crippen LogP contribution in [0.4, 0.5) is 10.1 Å². The summed E-state index contributed by atoms with van der Waals surface area (Å²) in [6.45, 7) is 0.203. The SMILES string of the molecule is C#CCN1C(=O)C2(CC2)Oc2cc(F)c(CN)cc21. The Labute approximate surface area is 110 Å². The minimum Gasteiger partial charge on any atom is -0.475 e. The van der Waals surface area contributed by atoms with Crippen molar-refractivity contribution in [3.05, 3.63) is 23.5 Å². The van der Waals surface area contributed by atoms with Crippen molar-refractivity contribution < 1.29 is 13.9 Å². The average molecular weight is 260 g/mol. The van der Waals surface area contributed by atoms with Gasteiger partial charge >= 0.3 is 0 Å². The van der Waals surface area contributed by atoms with Gasteiger partial charge in [0, 0.05) is 31.0 Å². The molecule has 1 saturated carbocycles. The number of hydrogen-bond donors (Lipinski definition) is 1. The fourth-order valence-electron chi connectivity index (χ4n) is 2.32. The van der Waals surface area contributed by atoms with Gasteiger partial charge in [0.25, 0.3) is 5.91 Å². The maximum absolute atomic E-state index is 13.8. The highest BCUT2D eigenvalue weighted by Crippen LogP contribution is 2.49. The zero-order chi connectivity index (χ0) is 13.6. The highest BCUT2D eigenvalue weighted by molar-refractivity contribution is 6.05. The monoisotopic (exact) mass is 260 g/mol. The summed E-state index contributed by atoms with van der Waals surface area (Å²) in [5.74, 6) is 2.24. The number of terminal acetylenes is 1. The van der Waals surface area contributed by atoms with Gasteiger partial charge in [0.1, 0.15) is 11.6 Å². The number of nitrogens with zero attached hydrogens (tertiary/aromatic N) is 1. The molecule has 1 aromatic carbocycles. The van der Waals surface area contributed by atoms with E-state index in [2.05, 4.69) is 5.92 Å². The van der Waals surface area contributed by atoms with E-state index in [1.807, 2.05) is 0 Å². The Kier molecular flexibility index (Phi) is 2.51. The van der Waals surface area contributed by atoms with Gasteiger partial charge in [0.2, 0.25) is 0 Å². The third-order valence-electron chi connectivity index (χ3n) is 3.53. The molecule has 1 aliphatic carbocycles. The number of benzene rings is 1. The van der Waals surface area contributed by atoms with E-state index in [1.54, 1.807) is 0 Å². The number of fused-ring (bicyclic) bond motifs is 1. The molecule has 0 saturated heterocycles. The molecule has 0 bridgehead atoms. The maximum Gasteiger partial charge on any atom is 0.272 e. The largest absolute Gasteiger partial charge is 0.475 e. The van der Waals surface area contributed by atoms with Crippen LogP contribution in [0.15, 0.2) is 12.1 Å². The first-order valence-corrected chi connectivity index (χ1v) is 6.08. The number of ether oxygens (including phenoxy) is 1. The Bertz CT molecular complexity index is 602. The third kappa shape index (κ3) is 1.68. The van der Waals surface area contributed by atoms with Crippen LogP contribution in [0.3, 0.4) is 0 Å². The molecule has 1 heterocycles. The van der Waals surface area contributed by atoms with Crippen molar-refractivity contribution in [2.45, 2.75) is 25.0 Å². The molecule has 1 aromatic rings. The Hall–Kier alpha value is -2.06. The lowest BCUT2D eigenvalue weighted by Crippen LogP contribution is -2.48. The van der Waals surface area contributed by atoms with Crippen LogP contribution in [0.2, 0.25) is 0 Å². The molecular weight excluding hydrogens is 247 g/mol. The molecule has 2 aliphatic rings. The van der Waals surface area contributed by atoms with E-state index < -0.39 is 11.4 Å². The van der Waals surface area contributed by atoms with Crippen molar-refractivity contribution in [2.24, 2.45) is 5.73 Å². The molecule has 1 spiro atoms. The van der Waals surface area contributed by atoms with Crippen molar-refractivity contribution in [2.75, 3.05) is 11.4 Å². The average Bonchev–Trinajstić information content (AvgIpc) is 3.15. The lowest BCUT2D eigenvalue weighted by Gasteiger charge is -2.34. The minimum atomic E-state index is -0.819. The highest BCUT2D eigenvalue weighted by atomic mass is 19.1. The van der Waals surface area contributed by atoms with Gasteiger partial charge in [-0.15, -0.1) is 6.42 Å². The van der Waals surface area contributed by atoms with Crippen molar-refractivity contribution in [3.8, 4) is 18.1 Å². The molecule has 2 N–H and O–H groups in total. The quantitative estimate of drug-likeness (QED) is 0.812. The van der Waals surface area contributed by atoms with Crippen LogP contribution in [-0.2, 0) is 11.3 Å². The first-order chi connectivity index (χ1) is 9.11. The molecular formula is C14H13FN2O2. The zero-order valence-corrected chi connectivity index (χ0v) is 10.3. The molecule has 0 atom stereocenters. The van der Waals surface area contributed by atoms with Crippen LogP contribution < -0.4 is 15.4 Å². The maximum atomic E-state index is 13.8. The molecule has 1 aliphatic heterocycles. The molecule has 0 unspecified atom stereocenters. The molecule has 19 heavy (non-hydrogen) atoms. The first-order valence-electron chi connectivity index (χ1n) is 6.08. The molecule has 3 rings (SSSR count). The second-order valence-corrected chi connectivity index (χ2v) is 4.81. The van der Waals surface area contributed by atoms with E-state index in [0.29, 0.717) is 29.8 Å². The molecule has 4 nitrogen and oxygen atoms in total. The summed E-state index contributed by atoms with van der Waals surface area (Å²) in [5, 5.41) is 0. The predicted octanol–water partition coefficient (Wildman–Crippen LogP) is 1.18. The molecule has 1 fully saturated rings. The van der Waals surface area contributed by atoms with E-state index >= 15 is 0 Å². The van der Waals surface area contributed by atoms with E-state index in [-0.39, 0.29) is 19.0 Å². The summed E-state index contributed by atoms with van der Waals surface area (Å²) in [4.78, 5) is 13.8. The number of hydrogen-bond acceptors (Lipinski definition) is 3. The number of rotatable bonds is 2. The van der Waals surface area contributed by atoms with Crippen LogP contribution in [0, 0.1) is 18.2 Å². The number of halogens is 1. The Morgan fingerprint density at radius 3 is 2.84 bits per heavy atom. The molecule has 5 heteroatoms. The van der Waals surface area contributed by atoms with Crippen LogP contribution in [0.25, 0.3) is 0 Å². The number of carbonyl (C=O) groups is 1. The lowest BCUT2D eigenvalue weighted by molar-refractivity contribution is -0.128. The fourth-order valence-corrected chi connectivity index (χ4v) is 2.32. The number of anilines is 1. The minimum absolute atomic E-state index is 0.0579. The second kappa shape index (κ2) is 3.97. The van der Waals surface area contributed by atoms with Crippen LogP contribution in [0.1, 0.15) is 18.4 Å². The lowest BCUT2D eigenvalue weighted by atomic mass is 10.1. The van der Waals surface area contributed by atoms with E-state index in [0.717, 1.165) is 0 Å². The van der Waals surface area contributed by atoms with Crippen LogP contribution in [-0.4, -0.2) is 18.1 Å². The van der Waals surface area contributed by atoms with Crippen molar-refractivity contribution in [3.63, 3.8) is 0 Å². The molecule has 0 radical (unpaired) electrons. The van der Waals surface area contributed by atoms with E-state index in [9.17, 15) is 9.18 Å².